The number of methoxy groups -OCH3 is 1. The Balaban J connectivity index is 2.02. The monoisotopic (exact) mass is 346 g/mol. The summed E-state index contributed by atoms with van der Waals surface area (Å²) in [4.78, 5) is 0.283. The van der Waals surface area contributed by atoms with Gasteiger partial charge < -0.3 is 10.1 Å². The molecule has 0 saturated carbocycles. The van der Waals surface area contributed by atoms with Gasteiger partial charge in [0.1, 0.15) is 5.75 Å². The standard InChI is InChI=1S/C18H22N2O3S/c1-23-17-7-9-18(10-8-17)24(21,22)20(15-5-3-2-4-6-15)16-11-13-19-14-12-16/h2-10,16,19H,11-14H2,1H3. The smallest absolute Gasteiger partial charge is 0.264 e. The number of sulfonamides is 1. The van der Waals surface area contributed by atoms with Crippen LogP contribution in [0.4, 0.5) is 5.69 Å². The number of benzene rings is 2. The lowest BCUT2D eigenvalue weighted by molar-refractivity contribution is 0.414. The largest absolute Gasteiger partial charge is 0.497 e. The molecule has 1 aliphatic heterocycles. The van der Waals surface area contributed by atoms with E-state index in [4.69, 9.17) is 4.74 Å². The third-order valence-corrected chi connectivity index (χ3v) is 6.16. The summed E-state index contributed by atoms with van der Waals surface area (Å²) in [6.45, 7) is 1.65. The van der Waals surface area contributed by atoms with Crippen molar-refractivity contribution in [1.29, 1.82) is 0 Å². The number of ether oxygens (including phenoxy) is 1. The molecule has 1 saturated heterocycles. The van der Waals surface area contributed by atoms with Crippen molar-refractivity contribution in [1.82, 2.24) is 5.32 Å². The average Bonchev–Trinajstić information content (AvgIpc) is 2.63. The van der Waals surface area contributed by atoms with Gasteiger partial charge in [0.05, 0.1) is 17.7 Å². The first-order valence-electron chi connectivity index (χ1n) is 8.07. The molecular formula is C18H22N2O3S. The highest BCUT2D eigenvalue weighted by Gasteiger charge is 2.32. The summed E-state index contributed by atoms with van der Waals surface area (Å²) in [5.41, 5.74) is 0.709. The van der Waals surface area contributed by atoms with Gasteiger partial charge in [0, 0.05) is 6.04 Å². The van der Waals surface area contributed by atoms with Gasteiger partial charge in [0.15, 0.2) is 0 Å². The van der Waals surface area contributed by atoms with Crippen molar-refractivity contribution in [3.63, 3.8) is 0 Å². The summed E-state index contributed by atoms with van der Waals surface area (Å²) >= 11 is 0. The van der Waals surface area contributed by atoms with E-state index in [9.17, 15) is 8.42 Å². The van der Waals surface area contributed by atoms with E-state index < -0.39 is 10.0 Å². The van der Waals surface area contributed by atoms with Crippen molar-refractivity contribution in [2.24, 2.45) is 0 Å². The highest BCUT2D eigenvalue weighted by atomic mass is 32.2. The van der Waals surface area contributed by atoms with Crippen LogP contribution in [0.15, 0.2) is 59.5 Å². The molecule has 2 aromatic rings. The molecule has 0 aromatic heterocycles. The van der Waals surface area contributed by atoms with Gasteiger partial charge in [0.2, 0.25) is 0 Å². The maximum Gasteiger partial charge on any atom is 0.264 e. The molecule has 1 heterocycles. The van der Waals surface area contributed by atoms with Crippen LogP contribution in [-0.2, 0) is 10.0 Å². The molecule has 0 spiro atoms. The zero-order chi connectivity index (χ0) is 17.0. The van der Waals surface area contributed by atoms with Crippen LogP contribution in [0, 0.1) is 0 Å². The van der Waals surface area contributed by atoms with Crippen LogP contribution in [0.1, 0.15) is 12.8 Å². The predicted octanol–water partition coefficient (Wildman–Crippen LogP) is 2.64. The number of nitrogens with zero attached hydrogens (tertiary/aromatic N) is 1. The van der Waals surface area contributed by atoms with E-state index in [0.717, 1.165) is 25.9 Å². The maximum atomic E-state index is 13.3. The van der Waals surface area contributed by atoms with Crippen LogP contribution in [-0.4, -0.2) is 34.7 Å². The number of nitrogens with one attached hydrogen (secondary N) is 1. The Kier molecular flexibility index (Phi) is 5.06. The molecule has 6 heteroatoms. The number of hydrogen-bond acceptors (Lipinski definition) is 4. The topological polar surface area (TPSA) is 58.6 Å². The summed E-state index contributed by atoms with van der Waals surface area (Å²) in [5.74, 6) is 0.641. The summed E-state index contributed by atoms with van der Waals surface area (Å²) in [6.07, 6.45) is 1.59. The first kappa shape index (κ1) is 16.8. The fourth-order valence-corrected chi connectivity index (χ4v) is 4.73. The lowest BCUT2D eigenvalue weighted by Gasteiger charge is -2.35. The molecule has 0 amide bonds. The van der Waals surface area contributed by atoms with Crippen LogP contribution in [0.2, 0.25) is 0 Å². The molecule has 0 bridgehead atoms. The van der Waals surface area contributed by atoms with E-state index in [-0.39, 0.29) is 10.9 Å². The third kappa shape index (κ3) is 3.39. The second kappa shape index (κ2) is 7.23. The van der Waals surface area contributed by atoms with Gasteiger partial charge in [-0.25, -0.2) is 8.42 Å². The van der Waals surface area contributed by atoms with E-state index in [1.165, 1.54) is 0 Å². The van der Waals surface area contributed by atoms with Crippen molar-refractivity contribution in [3.8, 4) is 5.75 Å². The van der Waals surface area contributed by atoms with E-state index in [1.54, 1.807) is 35.7 Å². The Morgan fingerprint density at radius 1 is 1.00 bits per heavy atom. The summed E-state index contributed by atoms with van der Waals surface area (Å²) in [7, 11) is -2.06. The van der Waals surface area contributed by atoms with Crippen LogP contribution in [0.3, 0.4) is 0 Å². The minimum absolute atomic E-state index is 0.0410. The zero-order valence-electron chi connectivity index (χ0n) is 13.7. The molecule has 0 atom stereocenters. The third-order valence-electron chi connectivity index (χ3n) is 4.27. The number of para-hydroxylation sites is 1. The molecule has 2 aromatic carbocycles. The van der Waals surface area contributed by atoms with Gasteiger partial charge in [-0.05, 0) is 62.3 Å². The second-order valence-corrected chi connectivity index (χ2v) is 7.61. The number of rotatable bonds is 5. The number of piperidine rings is 1. The number of hydrogen-bond donors (Lipinski definition) is 1. The quantitative estimate of drug-likeness (QED) is 0.904. The summed E-state index contributed by atoms with van der Waals surface area (Å²) in [5, 5.41) is 3.29. The molecule has 24 heavy (non-hydrogen) atoms. The summed E-state index contributed by atoms with van der Waals surface area (Å²) in [6, 6.07) is 15.9. The normalized spacial score (nSPS) is 15.9. The van der Waals surface area contributed by atoms with Gasteiger partial charge in [-0.3, -0.25) is 4.31 Å². The Morgan fingerprint density at radius 2 is 1.62 bits per heavy atom. The van der Waals surface area contributed by atoms with Crippen LogP contribution in [0.5, 0.6) is 5.75 Å². The van der Waals surface area contributed by atoms with Gasteiger partial charge in [0.25, 0.3) is 10.0 Å². The molecule has 128 valence electrons. The van der Waals surface area contributed by atoms with Crippen LogP contribution in [0.25, 0.3) is 0 Å². The van der Waals surface area contributed by atoms with Crippen molar-refractivity contribution in [2.75, 3.05) is 24.5 Å². The molecule has 5 nitrogen and oxygen atoms in total. The first-order valence-corrected chi connectivity index (χ1v) is 9.51. The van der Waals surface area contributed by atoms with Gasteiger partial charge in [-0.1, -0.05) is 18.2 Å². The van der Waals surface area contributed by atoms with Crippen molar-refractivity contribution < 1.29 is 13.2 Å². The highest BCUT2D eigenvalue weighted by Crippen LogP contribution is 2.29. The lowest BCUT2D eigenvalue weighted by Crippen LogP contribution is -2.46. The van der Waals surface area contributed by atoms with E-state index in [2.05, 4.69) is 5.32 Å². The Labute approximate surface area is 143 Å². The molecule has 0 unspecified atom stereocenters. The average molecular weight is 346 g/mol. The van der Waals surface area contributed by atoms with E-state index in [0.29, 0.717) is 11.4 Å². The molecule has 1 N–H and O–H groups in total. The second-order valence-electron chi connectivity index (χ2n) is 5.79. The SMILES string of the molecule is COc1ccc(S(=O)(=O)N(c2ccccc2)C2CCNCC2)cc1. The van der Waals surface area contributed by atoms with Crippen molar-refractivity contribution in [2.45, 2.75) is 23.8 Å². The van der Waals surface area contributed by atoms with E-state index >= 15 is 0 Å². The molecule has 0 aliphatic carbocycles. The van der Waals surface area contributed by atoms with Gasteiger partial charge in [-0.2, -0.15) is 0 Å². The van der Waals surface area contributed by atoms with Crippen LogP contribution < -0.4 is 14.4 Å². The van der Waals surface area contributed by atoms with Crippen molar-refractivity contribution in [3.05, 3.63) is 54.6 Å². The Morgan fingerprint density at radius 3 is 2.21 bits per heavy atom. The highest BCUT2D eigenvalue weighted by molar-refractivity contribution is 7.92. The Hall–Kier alpha value is -2.05. The predicted molar refractivity (Wildman–Crippen MR) is 95.0 cm³/mol. The first-order chi connectivity index (χ1) is 11.6. The summed E-state index contributed by atoms with van der Waals surface area (Å²) < 4.78 is 33.3. The van der Waals surface area contributed by atoms with Crippen LogP contribution >= 0.6 is 0 Å². The zero-order valence-corrected chi connectivity index (χ0v) is 14.5. The fraction of sp³-hybridized carbons (Fsp3) is 0.333. The molecule has 0 radical (unpaired) electrons. The maximum absolute atomic E-state index is 13.3. The fourth-order valence-electron chi connectivity index (χ4n) is 3.02. The van der Waals surface area contributed by atoms with Gasteiger partial charge >= 0.3 is 0 Å². The van der Waals surface area contributed by atoms with Gasteiger partial charge in [-0.15, -0.1) is 0 Å². The molecular weight excluding hydrogens is 324 g/mol. The van der Waals surface area contributed by atoms with Crippen molar-refractivity contribution >= 4 is 15.7 Å². The number of anilines is 1. The molecule has 1 fully saturated rings. The molecule has 1 aliphatic rings. The lowest BCUT2D eigenvalue weighted by atomic mass is 10.1. The minimum Gasteiger partial charge on any atom is -0.497 e. The minimum atomic E-state index is -3.63. The molecule has 3 rings (SSSR count). The van der Waals surface area contributed by atoms with E-state index in [1.807, 2.05) is 30.3 Å². The Bertz CT molecular complexity index is 755.